The summed E-state index contributed by atoms with van der Waals surface area (Å²) in [6, 6.07) is 14.1. The molecule has 3 aromatic rings. The lowest BCUT2D eigenvalue weighted by Crippen LogP contribution is -2.37. The molecule has 0 unspecified atom stereocenters. The number of methoxy groups -OCH3 is 1. The highest BCUT2D eigenvalue weighted by atomic mass is 32.2. The van der Waals surface area contributed by atoms with Gasteiger partial charge in [-0.05, 0) is 42.7 Å². The van der Waals surface area contributed by atoms with Gasteiger partial charge in [0, 0.05) is 43.0 Å². The molecule has 7 nitrogen and oxygen atoms in total. The molecule has 3 heterocycles. The number of nitrogens with one attached hydrogen (secondary N) is 1. The number of piperidine rings is 1. The van der Waals surface area contributed by atoms with Gasteiger partial charge in [-0.3, -0.25) is 10.1 Å². The standard InChI is InChI=1S/C21H24N4O3S/c1-28-19-6-2-4-16(13-19)12-18-5-3-7-21(24-18)17-8-10-25(11-9-17)29(26,27)20-14-22-23-15-20/h2-7,13-15,17H,8-12H2,1H3,(H,22,23). The number of sulfonamides is 1. The van der Waals surface area contributed by atoms with Crippen LogP contribution in [0.4, 0.5) is 0 Å². The molecule has 0 atom stereocenters. The Bertz CT molecular complexity index is 1060. The van der Waals surface area contributed by atoms with Crippen molar-refractivity contribution >= 4 is 10.0 Å². The lowest BCUT2D eigenvalue weighted by Gasteiger charge is -2.30. The van der Waals surface area contributed by atoms with E-state index in [1.807, 2.05) is 36.4 Å². The fourth-order valence-corrected chi connectivity index (χ4v) is 5.11. The van der Waals surface area contributed by atoms with E-state index in [1.54, 1.807) is 7.11 Å². The Balaban J connectivity index is 1.43. The van der Waals surface area contributed by atoms with Gasteiger partial charge >= 0.3 is 0 Å². The zero-order valence-corrected chi connectivity index (χ0v) is 17.1. The second kappa shape index (κ2) is 8.34. The molecule has 1 aliphatic rings. The zero-order valence-electron chi connectivity index (χ0n) is 16.3. The lowest BCUT2D eigenvalue weighted by atomic mass is 9.94. The van der Waals surface area contributed by atoms with Gasteiger partial charge in [-0.2, -0.15) is 9.40 Å². The average molecular weight is 413 g/mol. The van der Waals surface area contributed by atoms with E-state index in [9.17, 15) is 8.42 Å². The molecule has 2 aromatic heterocycles. The van der Waals surface area contributed by atoms with Crippen LogP contribution in [0.5, 0.6) is 5.75 Å². The van der Waals surface area contributed by atoms with Crippen LogP contribution in [0.1, 0.15) is 35.7 Å². The number of nitrogens with zero attached hydrogens (tertiary/aromatic N) is 3. The van der Waals surface area contributed by atoms with Crippen molar-refractivity contribution in [3.63, 3.8) is 0 Å². The fourth-order valence-electron chi connectivity index (χ4n) is 3.74. The Hall–Kier alpha value is -2.71. The molecule has 1 fully saturated rings. The van der Waals surface area contributed by atoms with Crippen LogP contribution in [0.2, 0.25) is 0 Å². The molecular formula is C21H24N4O3S. The number of pyridine rings is 1. The normalized spacial score (nSPS) is 16.0. The maximum Gasteiger partial charge on any atom is 0.246 e. The van der Waals surface area contributed by atoms with E-state index in [0.717, 1.165) is 42.0 Å². The van der Waals surface area contributed by atoms with Crippen LogP contribution in [-0.4, -0.2) is 48.1 Å². The quantitative estimate of drug-likeness (QED) is 0.672. The number of benzene rings is 1. The minimum Gasteiger partial charge on any atom is -0.497 e. The molecule has 0 bridgehead atoms. The summed E-state index contributed by atoms with van der Waals surface area (Å²) in [5, 5.41) is 6.32. The summed E-state index contributed by atoms with van der Waals surface area (Å²) in [5.41, 5.74) is 3.19. The molecule has 1 saturated heterocycles. The molecule has 8 heteroatoms. The second-order valence-corrected chi connectivity index (χ2v) is 9.13. The topological polar surface area (TPSA) is 88.2 Å². The maximum atomic E-state index is 12.6. The molecule has 152 valence electrons. The molecule has 0 radical (unpaired) electrons. The van der Waals surface area contributed by atoms with Gasteiger partial charge in [-0.25, -0.2) is 8.42 Å². The highest BCUT2D eigenvalue weighted by molar-refractivity contribution is 7.89. The summed E-state index contributed by atoms with van der Waals surface area (Å²) < 4.78 is 32.1. The first kappa shape index (κ1) is 19.6. The van der Waals surface area contributed by atoms with Crippen molar-refractivity contribution < 1.29 is 13.2 Å². The van der Waals surface area contributed by atoms with Crippen LogP contribution in [0, 0.1) is 0 Å². The predicted octanol–water partition coefficient (Wildman–Crippen LogP) is 2.97. The summed E-state index contributed by atoms with van der Waals surface area (Å²) >= 11 is 0. The fraction of sp³-hybridized carbons (Fsp3) is 0.333. The maximum absolute atomic E-state index is 12.6. The first-order valence-electron chi connectivity index (χ1n) is 9.64. The van der Waals surface area contributed by atoms with E-state index in [-0.39, 0.29) is 10.8 Å². The SMILES string of the molecule is COc1cccc(Cc2cccc(C3CCN(S(=O)(=O)c4cn[nH]c4)CC3)n2)c1. The van der Waals surface area contributed by atoms with E-state index in [0.29, 0.717) is 13.1 Å². The number of H-pyrrole nitrogens is 1. The van der Waals surface area contributed by atoms with Gasteiger partial charge in [-0.1, -0.05) is 18.2 Å². The molecule has 0 aliphatic carbocycles. The van der Waals surface area contributed by atoms with Crippen LogP contribution in [0.3, 0.4) is 0 Å². The van der Waals surface area contributed by atoms with Gasteiger partial charge in [0.05, 0.1) is 13.3 Å². The third-order valence-electron chi connectivity index (χ3n) is 5.33. The van der Waals surface area contributed by atoms with Crippen LogP contribution in [-0.2, 0) is 16.4 Å². The van der Waals surface area contributed by atoms with Crippen molar-refractivity contribution in [1.82, 2.24) is 19.5 Å². The van der Waals surface area contributed by atoms with Crippen LogP contribution >= 0.6 is 0 Å². The molecule has 0 spiro atoms. The minimum atomic E-state index is -3.47. The molecule has 1 N–H and O–H groups in total. The Morgan fingerprint density at radius 2 is 1.97 bits per heavy atom. The molecule has 0 saturated carbocycles. The molecule has 29 heavy (non-hydrogen) atoms. The van der Waals surface area contributed by atoms with Crippen molar-refractivity contribution in [3.05, 3.63) is 71.8 Å². The number of hydrogen-bond acceptors (Lipinski definition) is 5. The summed E-state index contributed by atoms with van der Waals surface area (Å²) in [5.74, 6) is 1.10. The monoisotopic (exact) mass is 412 g/mol. The Morgan fingerprint density at radius 1 is 1.17 bits per heavy atom. The van der Waals surface area contributed by atoms with Gasteiger partial charge in [0.25, 0.3) is 0 Å². The largest absolute Gasteiger partial charge is 0.497 e. The second-order valence-electron chi connectivity index (χ2n) is 7.19. The van der Waals surface area contributed by atoms with E-state index < -0.39 is 10.0 Å². The van der Waals surface area contributed by atoms with Gasteiger partial charge in [0.2, 0.25) is 10.0 Å². The molecule has 4 rings (SSSR count). The van der Waals surface area contributed by atoms with Crippen LogP contribution in [0.25, 0.3) is 0 Å². The smallest absolute Gasteiger partial charge is 0.246 e. The molecule has 1 aromatic carbocycles. The van der Waals surface area contributed by atoms with Crippen molar-refractivity contribution in [2.75, 3.05) is 20.2 Å². The first-order valence-corrected chi connectivity index (χ1v) is 11.1. The molecular weight excluding hydrogens is 388 g/mol. The van der Waals surface area contributed by atoms with Gasteiger partial charge in [0.1, 0.15) is 10.6 Å². The Labute approximate surface area is 170 Å². The average Bonchev–Trinajstić information content (AvgIpc) is 3.30. The molecule has 0 amide bonds. The van der Waals surface area contributed by atoms with E-state index in [4.69, 9.17) is 9.72 Å². The summed E-state index contributed by atoms with van der Waals surface area (Å²) in [6.45, 7) is 0.972. The van der Waals surface area contributed by atoms with Crippen molar-refractivity contribution in [2.24, 2.45) is 0 Å². The van der Waals surface area contributed by atoms with Gasteiger partial charge in [-0.15, -0.1) is 0 Å². The lowest BCUT2D eigenvalue weighted by molar-refractivity contribution is 0.316. The Morgan fingerprint density at radius 3 is 2.69 bits per heavy atom. The molecule has 1 aliphatic heterocycles. The van der Waals surface area contributed by atoms with Crippen LogP contribution in [0.15, 0.2) is 59.8 Å². The zero-order chi connectivity index (χ0) is 20.3. The van der Waals surface area contributed by atoms with Gasteiger partial charge in [0.15, 0.2) is 0 Å². The number of hydrogen-bond donors (Lipinski definition) is 1. The highest BCUT2D eigenvalue weighted by Gasteiger charge is 2.31. The summed E-state index contributed by atoms with van der Waals surface area (Å²) in [7, 11) is -1.81. The third kappa shape index (κ3) is 4.33. The number of aromatic amines is 1. The third-order valence-corrected chi connectivity index (χ3v) is 7.19. The first-order chi connectivity index (χ1) is 14.1. The van der Waals surface area contributed by atoms with Crippen molar-refractivity contribution in [2.45, 2.75) is 30.1 Å². The summed E-state index contributed by atoms with van der Waals surface area (Å²) in [6.07, 6.45) is 5.02. The van der Waals surface area contributed by atoms with E-state index in [2.05, 4.69) is 16.3 Å². The Kier molecular flexibility index (Phi) is 5.64. The number of ether oxygens (including phenoxy) is 1. The minimum absolute atomic E-state index is 0.217. The van der Waals surface area contributed by atoms with E-state index in [1.165, 1.54) is 16.7 Å². The van der Waals surface area contributed by atoms with Gasteiger partial charge < -0.3 is 4.74 Å². The predicted molar refractivity (Wildman–Crippen MR) is 109 cm³/mol. The van der Waals surface area contributed by atoms with E-state index >= 15 is 0 Å². The van der Waals surface area contributed by atoms with Crippen LogP contribution < -0.4 is 4.74 Å². The summed E-state index contributed by atoms with van der Waals surface area (Å²) in [4.78, 5) is 5.08. The highest BCUT2D eigenvalue weighted by Crippen LogP contribution is 2.30. The van der Waals surface area contributed by atoms with Crippen molar-refractivity contribution in [1.29, 1.82) is 0 Å². The van der Waals surface area contributed by atoms with Crippen molar-refractivity contribution in [3.8, 4) is 5.75 Å². The number of rotatable bonds is 6. The number of aromatic nitrogens is 3.